The molecule has 1 aliphatic rings. The first-order chi connectivity index (χ1) is 10.6. The van der Waals surface area contributed by atoms with Gasteiger partial charge in [-0.3, -0.25) is 4.79 Å². The summed E-state index contributed by atoms with van der Waals surface area (Å²) >= 11 is 1.69. The summed E-state index contributed by atoms with van der Waals surface area (Å²) in [6.45, 7) is 5.30. The van der Waals surface area contributed by atoms with E-state index in [9.17, 15) is 9.18 Å². The van der Waals surface area contributed by atoms with Crippen LogP contribution in [0.5, 0.6) is 0 Å². The van der Waals surface area contributed by atoms with E-state index in [1.54, 1.807) is 17.8 Å². The summed E-state index contributed by atoms with van der Waals surface area (Å²) in [5.74, 6) is -0.00441. The molecule has 1 aromatic rings. The molecule has 0 bridgehead atoms. The molecule has 0 radical (unpaired) electrons. The molecule has 2 atom stereocenters. The topological polar surface area (TPSA) is 32.3 Å². The summed E-state index contributed by atoms with van der Waals surface area (Å²) in [6.07, 6.45) is 3.53. The van der Waals surface area contributed by atoms with Crippen molar-refractivity contribution in [2.45, 2.75) is 32.1 Å². The lowest BCUT2D eigenvalue weighted by Gasteiger charge is -2.25. The van der Waals surface area contributed by atoms with Gasteiger partial charge >= 0.3 is 0 Å². The van der Waals surface area contributed by atoms with E-state index < -0.39 is 0 Å². The maximum absolute atomic E-state index is 13.6. The van der Waals surface area contributed by atoms with Crippen molar-refractivity contribution in [3.05, 3.63) is 47.3 Å². The molecule has 1 aliphatic heterocycles. The van der Waals surface area contributed by atoms with Crippen LogP contribution in [-0.2, 0) is 11.2 Å². The molecule has 0 saturated carbocycles. The van der Waals surface area contributed by atoms with Crippen LogP contribution in [0.3, 0.4) is 0 Å². The minimum absolute atomic E-state index is 0.0474. The van der Waals surface area contributed by atoms with Gasteiger partial charge in [0.25, 0.3) is 0 Å². The maximum atomic E-state index is 13.6. The molecule has 0 spiro atoms. The lowest BCUT2D eigenvalue weighted by molar-refractivity contribution is -0.124. The van der Waals surface area contributed by atoms with Crippen LogP contribution < -0.4 is 5.32 Å². The molecule has 0 aliphatic carbocycles. The average molecular weight is 322 g/mol. The fraction of sp³-hybridized carbons (Fsp3) is 0.471. The van der Waals surface area contributed by atoms with Crippen LogP contribution in [0.2, 0.25) is 0 Å². The van der Waals surface area contributed by atoms with Crippen molar-refractivity contribution in [3.8, 4) is 0 Å². The normalized spacial score (nSPS) is 18.5. The number of hydrogen-bond donors (Lipinski definition) is 1. The smallest absolute Gasteiger partial charge is 0.222 e. The predicted octanol–water partition coefficient (Wildman–Crippen LogP) is 3.38. The van der Waals surface area contributed by atoms with Crippen LogP contribution >= 0.6 is 11.8 Å². The highest BCUT2D eigenvalue weighted by Gasteiger charge is 2.21. The molecule has 1 aromatic carbocycles. The van der Waals surface area contributed by atoms with E-state index in [0.717, 1.165) is 18.5 Å². The van der Waals surface area contributed by atoms with E-state index in [0.29, 0.717) is 13.0 Å². The zero-order valence-corrected chi connectivity index (χ0v) is 13.9. The highest BCUT2D eigenvalue weighted by atomic mass is 32.2. The number of carbonyl (C=O) groups excluding carboxylic acids is 1. The SMILES string of the molecule is CCC(C)C(=O)NCC1SC=CN1CCc1ccccc1F. The number of benzene rings is 1. The third-order valence-electron chi connectivity index (χ3n) is 3.97. The number of nitrogens with one attached hydrogen (secondary N) is 1. The molecule has 1 amide bonds. The van der Waals surface area contributed by atoms with Crippen molar-refractivity contribution >= 4 is 17.7 Å². The van der Waals surface area contributed by atoms with Crippen LogP contribution in [0.4, 0.5) is 4.39 Å². The van der Waals surface area contributed by atoms with Crippen molar-refractivity contribution in [1.82, 2.24) is 10.2 Å². The van der Waals surface area contributed by atoms with Gasteiger partial charge in [0.1, 0.15) is 5.82 Å². The van der Waals surface area contributed by atoms with Crippen molar-refractivity contribution < 1.29 is 9.18 Å². The standard InChI is InChI=1S/C17H23FN2OS/c1-3-13(2)17(21)19-12-16-20(10-11-22-16)9-8-14-6-4-5-7-15(14)18/h4-7,10-11,13,16H,3,8-9,12H2,1-2H3,(H,19,21). The van der Waals surface area contributed by atoms with Gasteiger partial charge in [0.05, 0.1) is 5.37 Å². The Morgan fingerprint density at radius 2 is 2.23 bits per heavy atom. The summed E-state index contributed by atoms with van der Waals surface area (Å²) < 4.78 is 13.6. The van der Waals surface area contributed by atoms with Crippen molar-refractivity contribution in [2.24, 2.45) is 5.92 Å². The molecule has 1 N–H and O–H groups in total. The molecule has 3 nitrogen and oxygen atoms in total. The van der Waals surface area contributed by atoms with Crippen LogP contribution in [0, 0.1) is 11.7 Å². The summed E-state index contributed by atoms with van der Waals surface area (Å²) in [6, 6.07) is 6.88. The van der Waals surface area contributed by atoms with Gasteiger partial charge in [-0.2, -0.15) is 0 Å². The van der Waals surface area contributed by atoms with Gasteiger partial charge in [-0.1, -0.05) is 32.0 Å². The summed E-state index contributed by atoms with van der Waals surface area (Å²) in [5, 5.41) is 5.22. The monoisotopic (exact) mass is 322 g/mol. The van der Waals surface area contributed by atoms with Crippen molar-refractivity contribution in [3.63, 3.8) is 0 Å². The number of amides is 1. The van der Waals surface area contributed by atoms with E-state index >= 15 is 0 Å². The number of carbonyl (C=O) groups is 1. The van der Waals surface area contributed by atoms with E-state index in [1.165, 1.54) is 6.07 Å². The molecule has 0 saturated heterocycles. The first kappa shape index (κ1) is 16.9. The zero-order chi connectivity index (χ0) is 15.9. The zero-order valence-electron chi connectivity index (χ0n) is 13.1. The van der Waals surface area contributed by atoms with Gasteiger partial charge in [0, 0.05) is 25.2 Å². The highest BCUT2D eigenvalue weighted by Crippen LogP contribution is 2.25. The number of thioether (sulfide) groups is 1. The first-order valence-corrected chi connectivity index (χ1v) is 8.65. The van der Waals surface area contributed by atoms with E-state index in [2.05, 4.69) is 10.2 Å². The molecular formula is C17H23FN2OS. The fourth-order valence-corrected chi connectivity index (χ4v) is 3.18. The van der Waals surface area contributed by atoms with Gasteiger partial charge in [-0.25, -0.2) is 4.39 Å². The Balaban J connectivity index is 1.82. The number of halogens is 1. The second kappa shape index (κ2) is 8.22. The molecule has 1 heterocycles. The van der Waals surface area contributed by atoms with Gasteiger partial charge < -0.3 is 10.2 Å². The van der Waals surface area contributed by atoms with Gasteiger partial charge in [0.2, 0.25) is 5.91 Å². The molecule has 5 heteroatoms. The Kier molecular flexibility index (Phi) is 6.31. The lowest BCUT2D eigenvalue weighted by atomic mass is 10.1. The Morgan fingerprint density at radius 1 is 1.45 bits per heavy atom. The minimum atomic E-state index is -0.153. The second-order valence-corrected chi connectivity index (χ2v) is 6.60. The van der Waals surface area contributed by atoms with Crippen LogP contribution in [0.25, 0.3) is 0 Å². The average Bonchev–Trinajstić information content (AvgIpc) is 2.98. The van der Waals surface area contributed by atoms with Crippen LogP contribution in [-0.4, -0.2) is 29.3 Å². The molecule has 2 rings (SSSR count). The maximum Gasteiger partial charge on any atom is 0.222 e. The Morgan fingerprint density at radius 3 is 2.95 bits per heavy atom. The number of rotatable bonds is 7. The minimum Gasteiger partial charge on any atom is -0.363 e. The molecule has 2 unspecified atom stereocenters. The Hall–Kier alpha value is -1.49. The largest absolute Gasteiger partial charge is 0.363 e. The number of hydrogen-bond acceptors (Lipinski definition) is 3. The highest BCUT2D eigenvalue weighted by molar-refractivity contribution is 8.02. The van der Waals surface area contributed by atoms with Gasteiger partial charge in [0.15, 0.2) is 0 Å². The first-order valence-electron chi connectivity index (χ1n) is 7.70. The third kappa shape index (κ3) is 4.50. The lowest BCUT2D eigenvalue weighted by Crippen LogP contribution is -2.40. The van der Waals surface area contributed by atoms with E-state index in [1.807, 2.05) is 37.6 Å². The Bertz CT molecular complexity index is 535. The van der Waals surface area contributed by atoms with Gasteiger partial charge in [-0.15, -0.1) is 11.8 Å². The number of nitrogens with zero attached hydrogens (tertiary/aromatic N) is 1. The summed E-state index contributed by atoms with van der Waals surface area (Å²) in [5.41, 5.74) is 0.732. The van der Waals surface area contributed by atoms with Crippen LogP contribution in [0.15, 0.2) is 35.9 Å². The molecule has 0 aromatic heterocycles. The fourth-order valence-electron chi connectivity index (χ4n) is 2.26. The van der Waals surface area contributed by atoms with Crippen molar-refractivity contribution in [2.75, 3.05) is 13.1 Å². The Labute approximate surface area is 136 Å². The van der Waals surface area contributed by atoms with Gasteiger partial charge in [-0.05, 0) is 29.9 Å². The molecule has 120 valence electrons. The third-order valence-corrected chi connectivity index (χ3v) is 5.00. The second-order valence-electron chi connectivity index (χ2n) is 5.51. The quantitative estimate of drug-likeness (QED) is 0.835. The summed E-state index contributed by atoms with van der Waals surface area (Å²) in [7, 11) is 0. The molecular weight excluding hydrogens is 299 g/mol. The molecule has 0 fully saturated rings. The summed E-state index contributed by atoms with van der Waals surface area (Å²) in [4.78, 5) is 14.0. The molecule has 22 heavy (non-hydrogen) atoms. The van der Waals surface area contributed by atoms with E-state index in [-0.39, 0.29) is 23.0 Å². The van der Waals surface area contributed by atoms with Crippen LogP contribution in [0.1, 0.15) is 25.8 Å². The van der Waals surface area contributed by atoms with E-state index in [4.69, 9.17) is 0 Å². The van der Waals surface area contributed by atoms with Crippen molar-refractivity contribution in [1.29, 1.82) is 0 Å². The predicted molar refractivity (Wildman–Crippen MR) is 89.8 cm³/mol.